The van der Waals surface area contributed by atoms with Gasteiger partial charge in [-0.1, -0.05) is 12.1 Å². The topological polar surface area (TPSA) is 29.5 Å². The minimum Gasteiger partial charge on any atom is -0.497 e. The summed E-state index contributed by atoms with van der Waals surface area (Å²) >= 11 is 0. The first-order chi connectivity index (χ1) is 10.2. The maximum atomic E-state index is 13.8. The second-order valence-corrected chi connectivity index (χ2v) is 5.03. The minimum absolute atomic E-state index is 0.112. The molecule has 0 saturated carbocycles. The molecule has 2 aromatic carbocycles. The molecule has 3 nitrogen and oxygen atoms in total. The number of halogens is 1. The summed E-state index contributed by atoms with van der Waals surface area (Å²) in [5, 5.41) is 0. The van der Waals surface area contributed by atoms with Crippen molar-refractivity contribution in [2.45, 2.75) is 12.8 Å². The number of aryl methyl sites for hydroxylation is 1. The molecule has 0 atom stereocenters. The van der Waals surface area contributed by atoms with Crippen molar-refractivity contribution >= 4 is 11.6 Å². The summed E-state index contributed by atoms with van der Waals surface area (Å²) in [6.07, 6.45) is 1.76. The van der Waals surface area contributed by atoms with Crippen LogP contribution in [0.4, 0.5) is 10.1 Å². The number of ether oxygens (including phenoxy) is 1. The first kappa shape index (κ1) is 13.6. The van der Waals surface area contributed by atoms with Gasteiger partial charge in [-0.15, -0.1) is 0 Å². The third-order valence-electron chi connectivity index (χ3n) is 3.75. The van der Waals surface area contributed by atoms with Crippen molar-refractivity contribution in [2.75, 3.05) is 18.6 Å². The number of methoxy groups -OCH3 is 1. The highest BCUT2D eigenvalue weighted by atomic mass is 19.1. The fourth-order valence-electron chi connectivity index (χ4n) is 2.69. The lowest BCUT2D eigenvalue weighted by atomic mass is 10.0. The van der Waals surface area contributed by atoms with Crippen molar-refractivity contribution in [3.05, 3.63) is 59.4 Å². The highest BCUT2D eigenvalue weighted by molar-refractivity contribution is 6.07. The first-order valence-electron chi connectivity index (χ1n) is 6.94. The average Bonchev–Trinajstić information content (AvgIpc) is 2.53. The van der Waals surface area contributed by atoms with E-state index in [0.29, 0.717) is 6.54 Å². The third-order valence-corrected chi connectivity index (χ3v) is 3.75. The Balaban J connectivity index is 1.99. The average molecular weight is 285 g/mol. The quantitative estimate of drug-likeness (QED) is 0.846. The van der Waals surface area contributed by atoms with E-state index in [-0.39, 0.29) is 11.5 Å². The summed E-state index contributed by atoms with van der Waals surface area (Å²) in [4.78, 5) is 14.2. The second-order valence-electron chi connectivity index (χ2n) is 5.03. The van der Waals surface area contributed by atoms with Crippen molar-refractivity contribution in [3.8, 4) is 5.75 Å². The molecular weight excluding hydrogens is 269 g/mol. The van der Waals surface area contributed by atoms with Gasteiger partial charge < -0.3 is 9.64 Å². The molecule has 0 radical (unpaired) electrons. The Morgan fingerprint density at radius 1 is 1.24 bits per heavy atom. The summed E-state index contributed by atoms with van der Waals surface area (Å²) in [6.45, 7) is 0.604. The molecule has 1 aliphatic rings. The normalized spacial score (nSPS) is 13.7. The molecule has 3 rings (SSSR count). The molecule has 0 fully saturated rings. The number of amides is 1. The van der Waals surface area contributed by atoms with Gasteiger partial charge in [0.25, 0.3) is 5.91 Å². The summed E-state index contributed by atoms with van der Waals surface area (Å²) in [5.41, 5.74) is 2.02. The van der Waals surface area contributed by atoms with Crippen LogP contribution in [0.3, 0.4) is 0 Å². The Bertz CT molecular complexity index is 684. The molecule has 0 spiro atoms. The second kappa shape index (κ2) is 5.56. The van der Waals surface area contributed by atoms with Gasteiger partial charge in [-0.3, -0.25) is 4.79 Å². The molecular formula is C17H16FNO2. The molecule has 0 N–H and O–H groups in total. The third kappa shape index (κ3) is 2.49. The van der Waals surface area contributed by atoms with Crippen LogP contribution in [-0.4, -0.2) is 19.6 Å². The number of nitrogens with zero attached hydrogens (tertiary/aromatic N) is 1. The lowest BCUT2D eigenvalue weighted by Crippen LogP contribution is -2.35. The van der Waals surface area contributed by atoms with Crippen molar-refractivity contribution in [3.63, 3.8) is 0 Å². The van der Waals surface area contributed by atoms with E-state index in [1.807, 2.05) is 18.2 Å². The van der Waals surface area contributed by atoms with Gasteiger partial charge in [-0.25, -0.2) is 4.39 Å². The molecule has 0 aliphatic carbocycles. The van der Waals surface area contributed by atoms with Crippen LogP contribution >= 0.6 is 0 Å². The molecule has 1 aliphatic heterocycles. The molecule has 108 valence electrons. The molecule has 21 heavy (non-hydrogen) atoms. The Kier molecular flexibility index (Phi) is 3.60. The SMILES string of the molecule is COc1ccc2c(c1)CCCN2C(=O)c1ccccc1F. The lowest BCUT2D eigenvalue weighted by Gasteiger charge is -2.30. The Hall–Kier alpha value is -2.36. The summed E-state index contributed by atoms with van der Waals surface area (Å²) in [6, 6.07) is 11.7. The van der Waals surface area contributed by atoms with E-state index in [2.05, 4.69) is 0 Å². The predicted octanol–water partition coefficient (Wildman–Crippen LogP) is 3.43. The Morgan fingerprint density at radius 3 is 2.81 bits per heavy atom. The summed E-state index contributed by atoms with van der Waals surface area (Å²) in [7, 11) is 1.62. The molecule has 0 unspecified atom stereocenters. The van der Waals surface area contributed by atoms with E-state index in [1.54, 1.807) is 24.1 Å². The largest absolute Gasteiger partial charge is 0.497 e. The van der Waals surface area contributed by atoms with Crippen LogP contribution in [0.2, 0.25) is 0 Å². The molecule has 4 heteroatoms. The van der Waals surface area contributed by atoms with Gasteiger partial charge in [0.1, 0.15) is 11.6 Å². The number of fused-ring (bicyclic) bond motifs is 1. The van der Waals surface area contributed by atoms with Gasteiger partial charge in [-0.05, 0) is 48.7 Å². The number of carbonyl (C=O) groups is 1. The zero-order valence-electron chi connectivity index (χ0n) is 11.8. The Morgan fingerprint density at radius 2 is 2.05 bits per heavy atom. The van der Waals surface area contributed by atoms with Crippen LogP contribution < -0.4 is 9.64 Å². The number of benzene rings is 2. The van der Waals surface area contributed by atoms with Gasteiger partial charge >= 0.3 is 0 Å². The molecule has 1 amide bonds. The van der Waals surface area contributed by atoms with E-state index in [9.17, 15) is 9.18 Å². The van der Waals surface area contributed by atoms with Crippen LogP contribution in [0.25, 0.3) is 0 Å². The van der Waals surface area contributed by atoms with Gasteiger partial charge in [-0.2, -0.15) is 0 Å². The van der Waals surface area contributed by atoms with E-state index in [4.69, 9.17) is 4.74 Å². The zero-order chi connectivity index (χ0) is 14.8. The molecule has 1 heterocycles. The summed E-state index contributed by atoms with van der Waals surface area (Å²) < 4.78 is 19.0. The number of anilines is 1. The number of rotatable bonds is 2. The van der Waals surface area contributed by atoms with Crippen molar-refractivity contribution in [2.24, 2.45) is 0 Å². The van der Waals surface area contributed by atoms with E-state index in [0.717, 1.165) is 29.8 Å². The van der Waals surface area contributed by atoms with Crippen LogP contribution in [0.5, 0.6) is 5.75 Å². The first-order valence-corrected chi connectivity index (χ1v) is 6.94. The van der Waals surface area contributed by atoms with Crippen LogP contribution in [0, 0.1) is 5.82 Å². The number of carbonyl (C=O) groups excluding carboxylic acids is 1. The Labute approximate surface area is 123 Å². The van der Waals surface area contributed by atoms with E-state index >= 15 is 0 Å². The molecule has 2 aromatic rings. The fraction of sp³-hybridized carbons (Fsp3) is 0.235. The zero-order valence-corrected chi connectivity index (χ0v) is 11.8. The maximum absolute atomic E-state index is 13.8. The summed E-state index contributed by atoms with van der Waals surface area (Å²) in [5.74, 6) is -0.00343. The standard InChI is InChI=1S/C17H16FNO2/c1-21-13-8-9-16-12(11-13)5-4-10-19(16)17(20)14-6-2-3-7-15(14)18/h2-3,6-9,11H,4-5,10H2,1H3. The van der Waals surface area contributed by atoms with Crippen molar-refractivity contribution in [1.29, 1.82) is 0 Å². The molecule has 0 aromatic heterocycles. The highest BCUT2D eigenvalue weighted by Crippen LogP contribution is 2.31. The van der Waals surface area contributed by atoms with E-state index < -0.39 is 5.82 Å². The molecule has 0 bridgehead atoms. The monoisotopic (exact) mass is 285 g/mol. The predicted molar refractivity (Wildman–Crippen MR) is 79.4 cm³/mol. The van der Waals surface area contributed by atoms with E-state index in [1.165, 1.54) is 12.1 Å². The van der Waals surface area contributed by atoms with Gasteiger partial charge in [0.05, 0.1) is 12.7 Å². The van der Waals surface area contributed by atoms with Crippen LogP contribution in [0.15, 0.2) is 42.5 Å². The number of hydrogen-bond acceptors (Lipinski definition) is 2. The lowest BCUT2D eigenvalue weighted by molar-refractivity contribution is 0.0981. The van der Waals surface area contributed by atoms with Gasteiger partial charge in [0.2, 0.25) is 0 Å². The van der Waals surface area contributed by atoms with Crippen molar-refractivity contribution < 1.29 is 13.9 Å². The van der Waals surface area contributed by atoms with Gasteiger partial charge in [0, 0.05) is 12.2 Å². The van der Waals surface area contributed by atoms with Gasteiger partial charge in [0.15, 0.2) is 0 Å². The van der Waals surface area contributed by atoms with Crippen LogP contribution in [0.1, 0.15) is 22.3 Å². The number of hydrogen-bond donors (Lipinski definition) is 0. The maximum Gasteiger partial charge on any atom is 0.261 e. The fourth-order valence-corrected chi connectivity index (χ4v) is 2.69. The molecule has 0 saturated heterocycles. The minimum atomic E-state index is -0.483. The smallest absolute Gasteiger partial charge is 0.261 e. The van der Waals surface area contributed by atoms with Crippen molar-refractivity contribution in [1.82, 2.24) is 0 Å². The highest BCUT2D eigenvalue weighted by Gasteiger charge is 2.25. The van der Waals surface area contributed by atoms with Crippen LogP contribution in [-0.2, 0) is 6.42 Å².